The third kappa shape index (κ3) is 7.72. The Morgan fingerprint density at radius 2 is 0.652 bits per heavy atom. The molecule has 7 nitrogen and oxygen atoms in total. The van der Waals surface area contributed by atoms with Gasteiger partial charge in [0.2, 0.25) is 0 Å². The van der Waals surface area contributed by atoms with Crippen molar-refractivity contribution in [2.75, 3.05) is 0 Å². The summed E-state index contributed by atoms with van der Waals surface area (Å²) in [6.07, 6.45) is 1.86. The molecular formula is C82H70N6O. The number of pyridine rings is 1. The van der Waals surface area contributed by atoms with Crippen molar-refractivity contribution in [3.63, 3.8) is 0 Å². The van der Waals surface area contributed by atoms with Crippen LogP contribution in [0, 0.1) is 11.3 Å². The lowest BCUT2D eigenvalue weighted by Crippen LogP contribution is -2.20. The average molecular weight is 1160 g/mol. The third-order valence-corrected chi connectivity index (χ3v) is 18.9. The van der Waals surface area contributed by atoms with Crippen molar-refractivity contribution in [2.45, 2.75) is 105 Å². The second-order valence-corrected chi connectivity index (χ2v) is 28.6. The molecule has 16 aromatic rings. The summed E-state index contributed by atoms with van der Waals surface area (Å²) in [5, 5.41) is 23.4. The highest BCUT2D eigenvalue weighted by Gasteiger charge is 2.39. The lowest BCUT2D eigenvalue weighted by atomic mass is 9.84. The summed E-state index contributed by atoms with van der Waals surface area (Å²) in [7, 11) is 0. The van der Waals surface area contributed by atoms with E-state index < -0.39 is 0 Å². The zero-order valence-electron chi connectivity index (χ0n) is 52.7. The highest BCUT2D eigenvalue weighted by molar-refractivity contribution is 6.20. The van der Waals surface area contributed by atoms with Gasteiger partial charge in [-0.15, -0.1) is 0 Å². The molecule has 0 aliphatic heterocycles. The SMILES string of the molecule is CC(C)(C)c1cccc2c3ccccc3n(-c3c(C#N)c(-n4c5ccccc5c5cccc(C(C)(C)C)c54)c(-n4c5ccccc5c5cccc(C(C)(C)C)c54)c(-c4cccc5c4oc4cccnc45)c3-n3c4ccccc4c4cccc(C(C)(C)C)c43)c12. The minimum atomic E-state index is -0.343. The number of nitriles is 1. The minimum absolute atomic E-state index is 0.343. The second kappa shape index (κ2) is 18.9. The van der Waals surface area contributed by atoms with Crippen molar-refractivity contribution in [2.24, 2.45) is 0 Å². The Bertz CT molecular complexity index is 5450. The molecule has 16 rings (SSSR count). The molecule has 0 amide bonds. The molecule has 6 aromatic heterocycles. The summed E-state index contributed by atoms with van der Waals surface area (Å²) < 4.78 is 17.6. The van der Waals surface area contributed by atoms with Crippen LogP contribution >= 0.6 is 0 Å². The smallest absolute Gasteiger partial charge is 0.153 e. The standard InChI is InChI=1S/C82H70N6O/c1-79(2,3)59-37-22-31-52-48-27-13-17-41-63(48)85(70(52)59)74-58(47-83)75(86-64-42-18-14-28-49(64)53-32-23-38-60(71(53)86)80(4,5)6)77(88-66-44-20-16-30-51(66)55-34-25-40-62(73(55)88)82(10,11)12)68(56-35-21-36-57-69-67(89-78(56)57)45-26-46-84-69)76(74)87-65-43-19-15-29-50(65)54-33-24-39-61(72(54)87)81(7,8)9/h13-46H,1-12H3. The fourth-order valence-electron chi connectivity index (χ4n) is 15.2. The zero-order valence-corrected chi connectivity index (χ0v) is 52.7. The molecule has 0 N–H and O–H groups in total. The first kappa shape index (κ1) is 54.2. The molecule has 7 heteroatoms. The first-order chi connectivity index (χ1) is 42.8. The van der Waals surface area contributed by atoms with Gasteiger partial charge < -0.3 is 22.7 Å². The summed E-state index contributed by atoms with van der Waals surface area (Å²) in [6.45, 7) is 27.8. The fraction of sp³-hybridized carbons (Fsp3) is 0.195. The molecular weight excluding hydrogens is 1080 g/mol. The van der Waals surface area contributed by atoms with Gasteiger partial charge in [-0.25, -0.2) is 0 Å². The number of para-hydroxylation sites is 9. The minimum Gasteiger partial charge on any atom is -0.454 e. The van der Waals surface area contributed by atoms with Crippen LogP contribution < -0.4 is 0 Å². The summed E-state index contributed by atoms with van der Waals surface area (Å²) in [4.78, 5) is 5.08. The maximum atomic E-state index is 13.6. The number of nitrogens with zero attached hydrogens (tertiary/aromatic N) is 6. The van der Waals surface area contributed by atoms with Gasteiger partial charge in [0.05, 0.1) is 66.9 Å². The first-order valence-corrected chi connectivity index (χ1v) is 31.3. The van der Waals surface area contributed by atoms with Crippen molar-refractivity contribution in [3.8, 4) is 39.9 Å². The Kier molecular flexibility index (Phi) is 11.5. The molecule has 6 heterocycles. The van der Waals surface area contributed by atoms with E-state index in [0.29, 0.717) is 16.7 Å². The molecule has 0 bridgehead atoms. The first-order valence-electron chi connectivity index (χ1n) is 31.3. The van der Waals surface area contributed by atoms with E-state index in [4.69, 9.17) is 9.40 Å². The second-order valence-electron chi connectivity index (χ2n) is 28.6. The van der Waals surface area contributed by atoms with Gasteiger partial charge in [0, 0.05) is 65.8 Å². The van der Waals surface area contributed by atoms with Gasteiger partial charge in [-0.3, -0.25) is 4.98 Å². The normalized spacial score (nSPS) is 12.9. The van der Waals surface area contributed by atoms with Crippen LogP contribution in [0.25, 0.3) is 143 Å². The number of hydrogen-bond donors (Lipinski definition) is 0. The largest absolute Gasteiger partial charge is 0.454 e. The molecule has 0 fully saturated rings. The lowest BCUT2D eigenvalue weighted by Gasteiger charge is -2.32. The van der Waals surface area contributed by atoms with E-state index in [1.165, 1.54) is 22.3 Å². The zero-order chi connectivity index (χ0) is 61.4. The highest BCUT2D eigenvalue weighted by atomic mass is 16.3. The van der Waals surface area contributed by atoms with Crippen molar-refractivity contribution in [1.82, 2.24) is 23.3 Å². The Morgan fingerprint density at radius 1 is 0.337 bits per heavy atom. The van der Waals surface area contributed by atoms with Crippen LogP contribution in [0.15, 0.2) is 211 Å². The molecule has 434 valence electrons. The van der Waals surface area contributed by atoms with E-state index in [1.54, 1.807) is 0 Å². The molecule has 0 aliphatic carbocycles. The molecule has 89 heavy (non-hydrogen) atoms. The monoisotopic (exact) mass is 1150 g/mol. The van der Waals surface area contributed by atoms with Crippen LogP contribution in [-0.2, 0) is 21.7 Å². The molecule has 0 saturated heterocycles. The maximum Gasteiger partial charge on any atom is 0.153 e. The number of aromatic nitrogens is 5. The van der Waals surface area contributed by atoms with Crippen LogP contribution in [0.1, 0.15) is 111 Å². The van der Waals surface area contributed by atoms with Crippen LogP contribution in [0.3, 0.4) is 0 Å². The van der Waals surface area contributed by atoms with Gasteiger partial charge in [-0.1, -0.05) is 241 Å². The predicted octanol–water partition coefficient (Wildman–Crippen LogP) is 22.1. The molecule has 0 unspecified atom stereocenters. The summed E-state index contributed by atoms with van der Waals surface area (Å²) in [6, 6.07) is 76.6. The van der Waals surface area contributed by atoms with Crippen LogP contribution in [0.2, 0.25) is 0 Å². The molecule has 0 radical (unpaired) electrons. The molecule has 0 aliphatic rings. The van der Waals surface area contributed by atoms with E-state index in [-0.39, 0.29) is 21.7 Å². The van der Waals surface area contributed by atoms with E-state index in [2.05, 4.69) is 295 Å². The van der Waals surface area contributed by atoms with Gasteiger partial charge in [0.15, 0.2) is 5.58 Å². The van der Waals surface area contributed by atoms with Gasteiger partial charge in [0.1, 0.15) is 22.7 Å². The highest BCUT2D eigenvalue weighted by Crippen LogP contribution is 2.55. The molecule has 0 spiro atoms. The number of benzene rings is 10. The number of hydrogen-bond acceptors (Lipinski definition) is 3. The van der Waals surface area contributed by atoms with Crippen LogP contribution in [0.5, 0.6) is 0 Å². The van der Waals surface area contributed by atoms with E-state index in [9.17, 15) is 5.26 Å². The number of fused-ring (bicyclic) bond motifs is 15. The Labute approximate surface area is 518 Å². The molecule has 10 aromatic carbocycles. The molecule has 0 saturated carbocycles. The van der Waals surface area contributed by atoms with Crippen molar-refractivity contribution in [3.05, 3.63) is 234 Å². The van der Waals surface area contributed by atoms with Gasteiger partial charge in [-0.2, -0.15) is 5.26 Å². The van der Waals surface area contributed by atoms with Gasteiger partial charge >= 0.3 is 0 Å². The maximum absolute atomic E-state index is 13.6. The van der Waals surface area contributed by atoms with Gasteiger partial charge in [-0.05, 0) is 86.4 Å². The Hall–Kier alpha value is -10.2. The molecule has 0 atom stereocenters. The summed E-state index contributed by atoms with van der Waals surface area (Å²) >= 11 is 0. The number of rotatable bonds is 5. The Balaban J connectivity index is 1.35. The fourth-order valence-corrected chi connectivity index (χ4v) is 15.2. The summed E-state index contributed by atoms with van der Waals surface area (Å²) in [5.74, 6) is 0. The van der Waals surface area contributed by atoms with Crippen LogP contribution in [-0.4, -0.2) is 23.3 Å². The van der Waals surface area contributed by atoms with E-state index in [1.807, 2.05) is 18.3 Å². The lowest BCUT2D eigenvalue weighted by molar-refractivity contribution is 0.593. The summed E-state index contributed by atoms with van der Waals surface area (Å²) in [5.41, 5.74) is 19.3. The predicted molar refractivity (Wildman–Crippen MR) is 374 cm³/mol. The van der Waals surface area contributed by atoms with Gasteiger partial charge in [0.25, 0.3) is 0 Å². The van der Waals surface area contributed by atoms with Crippen molar-refractivity contribution >= 4 is 109 Å². The van der Waals surface area contributed by atoms with E-state index in [0.717, 1.165) is 132 Å². The van der Waals surface area contributed by atoms with E-state index >= 15 is 0 Å². The average Bonchev–Trinajstić information content (AvgIpc) is 1.59. The Morgan fingerprint density at radius 3 is 1.00 bits per heavy atom. The van der Waals surface area contributed by atoms with Crippen molar-refractivity contribution in [1.29, 1.82) is 5.26 Å². The number of furan rings is 1. The van der Waals surface area contributed by atoms with Crippen LogP contribution in [0.4, 0.5) is 0 Å². The third-order valence-electron chi connectivity index (χ3n) is 18.9. The quantitative estimate of drug-likeness (QED) is 0.172. The topological polar surface area (TPSA) is 69.5 Å². The van der Waals surface area contributed by atoms with Crippen molar-refractivity contribution < 1.29 is 4.42 Å².